The van der Waals surface area contributed by atoms with Crippen molar-refractivity contribution in [1.82, 2.24) is 0 Å². The molecule has 0 bridgehead atoms. The summed E-state index contributed by atoms with van der Waals surface area (Å²) in [5.41, 5.74) is 2.71. The van der Waals surface area contributed by atoms with Gasteiger partial charge in [-0.1, -0.05) is 42.8 Å². The van der Waals surface area contributed by atoms with Crippen LogP contribution in [0.25, 0.3) is 0 Å². The van der Waals surface area contributed by atoms with Crippen molar-refractivity contribution in [3.8, 4) is 0 Å². The molecule has 0 amide bonds. The molecule has 0 saturated carbocycles. The van der Waals surface area contributed by atoms with Gasteiger partial charge in [0.25, 0.3) is 0 Å². The second kappa shape index (κ2) is 4.10. The average molecular weight is 160 g/mol. The van der Waals surface area contributed by atoms with Crippen LogP contribution in [0.2, 0.25) is 0 Å². The minimum Gasteiger partial charge on any atom is -0.102 e. The van der Waals surface area contributed by atoms with Crippen LogP contribution in [0.1, 0.15) is 30.4 Å². The minimum atomic E-state index is 0.518. The van der Waals surface area contributed by atoms with Gasteiger partial charge >= 0.3 is 0 Å². The summed E-state index contributed by atoms with van der Waals surface area (Å²) in [7, 11) is 0. The molecule has 0 aromatic heterocycles. The van der Waals surface area contributed by atoms with E-state index in [2.05, 4.69) is 44.7 Å². The van der Waals surface area contributed by atoms with Crippen LogP contribution >= 0.6 is 0 Å². The Bertz CT molecular complexity index is 260. The third-order valence-corrected chi connectivity index (χ3v) is 2.19. The smallest absolute Gasteiger partial charge is 0.00127 e. The van der Waals surface area contributed by atoms with E-state index in [4.69, 9.17) is 0 Å². The molecule has 0 aliphatic heterocycles. The SMILES string of the molecule is C=C[C@H](CC)c1cccc(C)c1. The Labute approximate surface area is 74.9 Å². The fraction of sp³-hybridized carbons (Fsp3) is 0.333. The van der Waals surface area contributed by atoms with Gasteiger partial charge in [0.15, 0.2) is 0 Å². The van der Waals surface area contributed by atoms with Crippen LogP contribution in [0.15, 0.2) is 36.9 Å². The van der Waals surface area contributed by atoms with Crippen molar-refractivity contribution in [2.45, 2.75) is 26.2 Å². The van der Waals surface area contributed by atoms with Crippen LogP contribution in [0.5, 0.6) is 0 Å². The van der Waals surface area contributed by atoms with Gasteiger partial charge in [0.1, 0.15) is 0 Å². The molecule has 1 atom stereocenters. The fourth-order valence-corrected chi connectivity index (χ4v) is 1.44. The molecule has 1 rings (SSSR count). The molecule has 0 heteroatoms. The lowest BCUT2D eigenvalue weighted by molar-refractivity contribution is 0.806. The van der Waals surface area contributed by atoms with Gasteiger partial charge in [-0.05, 0) is 18.9 Å². The molecular formula is C12H16. The molecule has 0 aliphatic rings. The molecule has 0 aliphatic carbocycles. The predicted molar refractivity (Wildman–Crippen MR) is 54.4 cm³/mol. The Hall–Kier alpha value is -1.04. The molecule has 0 saturated heterocycles. The van der Waals surface area contributed by atoms with Crippen molar-refractivity contribution in [2.75, 3.05) is 0 Å². The van der Waals surface area contributed by atoms with Gasteiger partial charge in [0.05, 0.1) is 0 Å². The highest BCUT2D eigenvalue weighted by Gasteiger charge is 2.03. The van der Waals surface area contributed by atoms with E-state index in [0.717, 1.165) is 6.42 Å². The van der Waals surface area contributed by atoms with E-state index in [1.807, 2.05) is 6.08 Å². The standard InChI is InChI=1S/C12H16/c1-4-11(5-2)12-8-6-7-10(3)9-12/h4,6-9,11H,1,5H2,2-3H3/t11-/m1/s1. The highest BCUT2D eigenvalue weighted by atomic mass is 14.1. The van der Waals surface area contributed by atoms with Crippen molar-refractivity contribution < 1.29 is 0 Å². The lowest BCUT2D eigenvalue weighted by Gasteiger charge is -2.09. The quantitative estimate of drug-likeness (QED) is 0.592. The summed E-state index contributed by atoms with van der Waals surface area (Å²) in [6.07, 6.45) is 3.15. The predicted octanol–water partition coefficient (Wildman–Crippen LogP) is 3.67. The molecule has 0 spiro atoms. The zero-order valence-corrected chi connectivity index (χ0v) is 7.88. The summed E-state index contributed by atoms with van der Waals surface area (Å²) >= 11 is 0. The van der Waals surface area contributed by atoms with E-state index in [9.17, 15) is 0 Å². The summed E-state index contributed by atoms with van der Waals surface area (Å²) in [4.78, 5) is 0. The fourth-order valence-electron chi connectivity index (χ4n) is 1.44. The first-order valence-corrected chi connectivity index (χ1v) is 4.47. The molecular weight excluding hydrogens is 144 g/mol. The summed E-state index contributed by atoms with van der Waals surface area (Å²) < 4.78 is 0. The van der Waals surface area contributed by atoms with Crippen LogP contribution in [0, 0.1) is 6.92 Å². The lowest BCUT2D eigenvalue weighted by Crippen LogP contribution is -1.92. The molecule has 0 fully saturated rings. The second-order valence-corrected chi connectivity index (χ2v) is 3.16. The highest BCUT2D eigenvalue weighted by molar-refractivity contribution is 5.27. The average Bonchev–Trinajstić information content (AvgIpc) is 2.07. The van der Waals surface area contributed by atoms with E-state index < -0.39 is 0 Å². The molecule has 0 N–H and O–H groups in total. The van der Waals surface area contributed by atoms with Crippen molar-refractivity contribution in [3.05, 3.63) is 48.0 Å². The number of benzene rings is 1. The molecule has 0 unspecified atom stereocenters. The van der Waals surface area contributed by atoms with Gasteiger partial charge in [-0.2, -0.15) is 0 Å². The Morgan fingerprint density at radius 2 is 2.25 bits per heavy atom. The van der Waals surface area contributed by atoms with Crippen LogP contribution < -0.4 is 0 Å². The Morgan fingerprint density at radius 3 is 2.75 bits per heavy atom. The summed E-state index contributed by atoms with van der Waals surface area (Å²) in [6.45, 7) is 8.15. The maximum absolute atomic E-state index is 3.84. The normalized spacial score (nSPS) is 12.5. The minimum absolute atomic E-state index is 0.518. The Kier molecular flexibility index (Phi) is 3.09. The summed E-state index contributed by atoms with van der Waals surface area (Å²) in [5, 5.41) is 0. The number of rotatable bonds is 3. The van der Waals surface area contributed by atoms with Gasteiger partial charge in [-0.15, -0.1) is 6.58 Å². The number of hydrogen-bond acceptors (Lipinski definition) is 0. The largest absolute Gasteiger partial charge is 0.102 e. The second-order valence-electron chi connectivity index (χ2n) is 3.16. The monoisotopic (exact) mass is 160 g/mol. The highest BCUT2D eigenvalue weighted by Crippen LogP contribution is 2.20. The molecule has 64 valence electrons. The van der Waals surface area contributed by atoms with Crippen LogP contribution in [0.4, 0.5) is 0 Å². The lowest BCUT2D eigenvalue weighted by atomic mass is 9.95. The van der Waals surface area contributed by atoms with Crippen LogP contribution in [-0.4, -0.2) is 0 Å². The maximum Gasteiger partial charge on any atom is 0.00127 e. The topological polar surface area (TPSA) is 0 Å². The molecule has 0 radical (unpaired) electrons. The molecule has 0 heterocycles. The number of allylic oxidation sites excluding steroid dienone is 1. The van der Waals surface area contributed by atoms with Crippen LogP contribution in [-0.2, 0) is 0 Å². The zero-order chi connectivity index (χ0) is 8.97. The van der Waals surface area contributed by atoms with E-state index in [0.29, 0.717) is 5.92 Å². The number of aryl methyl sites for hydroxylation is 1. The van der Waals surface area contributed by atoms with E-state index in [-0.39, 0.29) is 0 Å². The first kappa shape index (κ1) is 9.05. The maximum atomic E-state index is 3.84. The van der Waals surface area contributed by atoms with Gasteiger partial charge < -0.3 is 0 Å². The molecule has 12 heavy (non-hydrogen) atoms. The van der Waals surface area contributed by atoms with Gasteiger partial charge in [-0.25, -0.2) is 0 Å². The van der Waals surface area contributed by atoms with E-state index in [1.54, 1.807) is 0 Å². The third-order valence-electron chi connectivity index (χ3n) is 2.19. The first-order chi connectivity index (χ1) is 5.77. The molecule has 1 aromatic carbocycles. The van der Waals surface area contributed by atoms with Crippen LogP contribution in [0.3, 0.4) is 0 Å². The van der Waals surface area contributed by atoms with Crippen molar-refractivity contribution in [3.63, 3.8) is 0 Å². The molecule has 1 aromatic rings. The first-order valence-electron chi connectivity index (χ1n) is 4.47. The van der Waals surface area contributed by atoms with Gasteiger partial charge in [0.2, 0.25) is 0 Å². The zero-order valence-electron chi connectivity index (χ0n) is 7.88. The summed E-state index contributed by atoms with van der Waals surface area (Å²) in [5.74, 6) is 0.518. The summed E-state index contributed by atoms with van der Waals surface area (Å²) in [6, 6.07) is 8.63. The van der Waals surface area contributed by atoms with Gasteiger partial charge in [0, 0.05) is 5.92 Å². The van der Waals surface area contributed by atoms with Crippen molar-refractivity contribution >= 4 is 0 Å². The van der Waals surface area contributed by atoms with Crippen molar-refractivity contribution in [1.29, 1.82) is 0 Å². The van der Waals surface area contributed by atoms with Crippen molar-refractivity contribution in [2.24, 2.45) is 0 Å². The number of hydrogen-bond donors (Lipinski definition) is 0. The van der Waals surface area contributed by atoms with Gasteiger partial charge in [-0.3, -0.25) is 0 Å². The third kappa shape index (κ3) is 1.97. The van der Waals surface area contributed by atoms with E-state index in [1.165, 1.54) is 11.1 Å². The Balaban J connectivity index is 2.93. The molecule has 0 nitrogen and oxygen atoms in total. The Morgan fingerprint density at radius 1 is 1.50 bits per heavy atom. The van der Waals surface area contributed by atoms with E-state index >= 15 is 0 Å².